The van der Waals surface area contributed by atoms with Gasteiger partial charge in [-0.1, -0.05) is 36.4 Å². The van der Waals surface area contributed by atoms with Gasteiger partial charge in [-0.3, -0.25) is 4.79 Å². The summed E-state index contributed by atoms with van der Waals surface area (Å²) in [5.74, 6) is 1.35. The minimum absolute atomic E-state index is 0.0198. The maximum absolute atomic E-state index is 12.1. The second-order valence-corrected chi connectivity index (χ2v) is 7.95. The predicted molar refractivity (Wildman–Crippen MR) is 97.5 cm³/mol. The van der Waals surface area contributed by atoms with Crippen LogP contribution >= 0.6 is 11.8 Å². The Hall–Kier alpha value is -1.83. The molecule has 0 heterocycles. The minimum Gasteiger partial charge on any atom is -0.351 e. The van der Waals surface area contributed by atoms with Crippen molar-refractivity contribution in [2.24, 2.45) is 5.14 Å². The summed E-state index contributed by atoms with van der Waals surface area (Å²) >= 11 is 1.72. The Morgan fingerprint density at radius 3 is 2.54 bits per heavy atom. The molecule has 2 aromatic rings. The lowest BCUT2D eigenvalue weighted by molar-refractivity contribution is 0.0956. The highest BCUT2D eigenvalue weighted by atomic mass is 32.2. The summed E-state index contributed by atoms with van der Waals surface area (Å²) < 4.78 is 23.0. The fourth-order valence-corrected chi connectivity index (χ4v) is 3.78. The minimum atomic E-state index is -3.83. The Morgan fingerprint density at radius 1 is 1.17 bits per heavy atom. The first-order valence-corrected chi connectivity index (χ1v) is 10.1. The second-order valence-electron chi connectivity index (χ2n) is 5.32. The lowest BCUT2D eigenvalue weighted by Crippen LogP contribution is -2.26. The summed E-state index contributed by atoms with van der Waals surface area (Å²) in [6.07, 6.45) is 0. The van der Waals surface area contributed by atoms with Crippen molar-refractivity contribution in [3.63, 3.8) is 0 Å². The number of amides is 1. The van der Waals surface area contributed by atoms with E-state index in [2.05, 4.69) is 17.4 Å². The summed E-state index contributed by atoms with van der Waals surface area (Å²) in [5, 5.41) is 7.95. The summed E-state index contributed by atoms with van der Waals surface area (Å²) in [5.41, 5.74) is 2.05. The number of hydrogen-bond donors (Lipinski definition) is 2. The van der Waals surface area contributed by atoms with Gasteiger partial charge in [0, 0.05) is 23.6 Å². The number of nitrogens with one attached hydrogen (secondary N) is 1. The molecule has 0 aromatic heterocycles. The van der Waals surface area contributed by atoms with E-state index in [0.29, 0.717) is 12.1 Å². The third-order valence-corrected chi connectivity index (χ3v) is 5.48. The van der Waals surface area contributed by atoms with Gasteiger partial charge in [0.05, 0.1) is 4.90 Å². The van der Waals surface area contributed by atoms with Gasteiger partial charge in [-0.05, 0) is 30.2 Å². The molecule has 0 aliphatic carbocycles. The monoisotopic (exact) mass is 364 g/mol. The van der Waals surface area contributed by atoms with E-state index in [0.717, 1.165) is 11.5 Å². The first kappa shape index (κ1) is 18.5. The average Bonchev–Trinajstić information content (AvgIpc) is 2.54. The number of thioether (sulfide) groups is 1. The number of carbonyl (C=O) groups excluding carboxylic acids is 1. The van der Waals surface area contributed by atoms with Crippen LogP contribution in [0.1, 0.15) is 21.5 Å². The smallest absolute Gasteiger partial charge is 0.251 e. The van der Waals surface area contributed by atoms with E-state index in [9.17, 15) is 13.2 Å². The maximum Gasteiger partial charge on any atom is 0.251 e. The molecule has 0 radical (unpaired) electrons. The zero-order valence-corrected chi connectivity index (χ0v) is 15.0. The number of carbonyl (C=O) groups is 1. The van der Waals surface area contributed by atoms with E-state index in [4.69, 9.17) is 5.14 Å². The van der Waals surface area contributed by atoms with Gasteiger partial charge < -0.3 is 5.32 Å². The molecule has 2 rings (SSSR count). The third-order valence-electron chi connectivity index (χ3n) is 3.40. The van der Waals surface area contributed by atoms with Gasteiger partial charge in [0.25, 0.3) is 5.91 Å². The van der Waals surface area contributed by atoms with E-state index >= 15 is 0 Å². The first-order chi connectivity index (χ1) is 11.4. The topological polar surface area (TPSA) is 89.3 Å². The fraction of sp³-hybridized carbons (Fsp3) is 0.235. The predicted octanol–water partition coefficient (Wildman–Crippen LogP) is 2.31. The van der Waals surface area contributed by atoms with Crippen LogP contribution < -0.4 is 10.5 Å². The SMILES string of the molecule is Cc1ccc(C(=O)NCCSCc2ccccc2)cc1S(N)(=O)=O. The quantitative estimate of drug-likeness (QED) is 0.738. The number of hydrogen-bond acceptors (Lipinski definition) is 4. The van der Waals surface area contributed by atoms with Gasteiger partial charge in [0.15, 0.2) is 0 Å². The van der Waals surface area contributed by atoms with Gasteiger partial charge in [-0.15, -0.1) is 0 Å². The van der Waals surface area contributed by atoms with Crippen LogP contribution in [0.2, 0.25) is 0 Å². The zero-order chi connectivity index (χ0) is 17.6. The molecule has 0 unspecified atom stereocenters. The molecule has 2 aromatic carbocycles. The maximum atomic E-state index is 12.1. The highest BCUT2D eigenvalue weighted by Crippen LogP contribution is 2.16. The number of primary sulfonamides is 1. The molecule has 0 bridgehead atoms. The van der Waals surface area contributed by atoms with E-state index in [1.54, 1.807) is 30.8 Å². The van der Waals surface area contributed by atoms with Crippen LogP contribution in [0.3, 0.4) is 0 Å². The summed E-state index contributed by atoms with van der Waals surface area (Å²) in [6, 6.07) is 14.6. The van der Waals surface area contributed by atoms with Crippen molar-refractivity contribution in [3.8, 4) is 0 Å². The number of nitrogens with two attached hydrogens (primary N) is 1. The van der Waals surface area contributed by atoms with E-state index in [-0.39, 0.29) is 16.4 Å². The molecule has 24 heavy (non-hydrogen) atoms. The van der Waals surface area contributed by atoms with Crippen LogP contribution in [0.5, 0.6) is 0 Å². The summed E-state index contributed by atoms with van der Waals surface area (Å²) in [4.78, 5) is 12.1. The normalized spacial score (nSPS) is 11.2. The summed E-state index contributed by atoms with van der Waals surface area (Å²) in [6.45, 7) is 2.15. The van der Waals surface area contributed by atoms with Crippen molar-refractivity contribution in [1.82, 2.24) is 5.32 Å². The van der Waals surface area contributed by atoms with Crippen molar-refractivity contribution in [1.29, 1.82) is 0 Å². The van der Waals surface area contributed by atoms with E-state index < -0.39 is 10.0 Å². The lowest BCUT2D eigenvalue weighted by atomic mass is 10.1. The molecular weight excluding hydrogens is 344 g/mol. The van der Waals surface area contributed by atoms with Crippen molar-refractivity contribution in [3.05, 3.63) is 65.2 Å². The zero-order valence-electron chi connectivity index (χ0n) is 13.4. The lowest BCUT2D eigenvalue weighted by Gasteiger charge is -2.08. The molecule has 1 amide bonds. The average molecular weight is 364 g/mol. The van der Waals surface area contributed by atoms with E-state index in [1.807, 2.05) is 18.2 Å². The van der Waals surface area contributed by atoms with Crippen LogP contribution in [0.4, 0.5) is 0 Å². The molecule has 0 spiro atoms. The highest BCUT2D eigenvalue weighted by molar-refractivity contribution is 7.98. The van der Waals surface area contributed by atoms with Crippen LogP contribution in [-0.2, 0) is 15.8 Å². The molecule has 3 N–H and O–H groups in total. The molecule has 0 aliphatic heterocycles. The number of benzene rings is 2. The fourth-order valence-electron chi connectivity index (χ4n) is 2.15. The van der Waals surface area contributed by atoms with Gasteiger partial charge in [-0.25, -0.2) is 13.6 Å². The third kappa shape index (κ3) is 5.36. The standard InChI is InChI=1S/C17H20N2O3S2/c1-13-7-8-15(11-16(13)24(18,21)22)17(20)19-9-10-23-12-14-5-3-2-4-6-14/h2-8,11H,9-10,12H2,1H3,(H,19,20)(H2,18,21,22). The Balaban J connectivity index is 1.85. The molecule has 128 valence electrons. The molecule has 7 heteroatoms. The summed E-state index contributed by atoms with van der Waals surface area (Å²) in [7, 11) is -3.83. The molecule has 0 aliphatic rings. The van der Waals surface area contributed by atoms with Gasteiger partial charge in [0.2, 0.25) is 10.0 Å². The Morgan fingerprint density at radius 2 is 1.88 bits per heavy atom. The Kier molecular flexibility index (Phi) is 6.42. The molecule has 0 fully saturated rings. The molecule has 0 atom stereocenters. The largest absolute Gasteiger partial charge is 0.351 e. The second kappa shape index (κ2) is 8.32. The van der Waals surface area contributed by atoms with Crippen molar-refractivity contribution in [2.45, 2.75) is 17.6 Å². The number of sulfonamides is 1. The van der Waals surface area contributed by atoms with Crippen molar-refractivity contribution >= 4 is 27.7 Å². The van der Waals surface area contributed by atoms with E-state index in [1.165, 1.54) is 11.6 Å². The van der Waals surface area contributed by atoms with Crippen molar-refractivity contribution < 1.29 is 13.2 Å². The van der Waals surface area contributed by atoms with Gasteiger partial charge in [0.1, 0.15) is 0 Å². The van der Waals surface area contributed by atoms with Crippen LogP contribution in [-0.4, -0.2) is 26.6 Å². The molecule has 5 nitrogen and oxygen atoms in total. The van der Waals surface area contributed by atoms with Gasteiger partial charge >= 0.3 is 0 Å². The Labute approximate surface area is 146 Å². The molecule has 0 saturated heterocycles. The van der Waals surface area contributed by atoms with Crippen LogP contribution in [0.15, 0.2) is 53.4 Å². The van der Waals surface area contributed by atoms with Crippen LogP contribution in [0.25, 0.3) is 0 Å². The molecular formula is C17H20N2O3S2. The Bertz CT molecular complexity index is 806. The first-order valence-electron chi connectivity index (χ1n) is 7.41. The van der Waals surface area contributed by atoms with Crippen LogP contribution in [0, 0.1) is 6.92 Å². The highest BCUT2D eigenvalue weighted by Gasteiger charge is 2.14. The molecule has 0 saturated carbocycles. The number of aryl methyl sites for hydroxylation is 1. The number of rotatable bonds is 7. The van der Waals surface area contributed by atoms with Crippen molar-refractivity contribution in [2.75, 3.05) is 12.3 Å². The van der Waals surface area contributed by atoms with Gasteiger partial charge in [-0.2, -0.15) is 11.8 Å².